The van der Waals surface area contributed by atoms with Gasteiger partial charge in [-0.2, -0.15) is 0 Å². The predicted octanol–water partition coefficient (Wildman–Crippen LogP) is 0.932. The summed E-state index contributed by atoms with van der Waals surface area (Å²) in [7, 11) is 0. The third-order valence-corrected chi connectivity index (χ3v) is 2.99. The molecule has 96 valence electrons. The first kappa shape index (κ1) is 11.6. The number of hydrogen-bond acceptors (Lipinski definition) is 5. The van der Waals surface area contributed by atoms with Crippen molar-refractivity contribution in [1.29, 1.82) is 0 Å². The van der Waals surface area contributed by atoms with Crippen LogP contribution in [0.2, 0.25) is 0 Å². The summed E-state index contributed by atoms with van der Waals surface area (Å²) in [6.07, 6.45) is 3.67. The fraction of sp³-hybridized carbons (Fsp3) is 0.154. The summed E-state index contributed by atoms with van der Waals surface area (Å²) in [5, 5.41) is 9.13. The molecule has 3 rings (SSSR count). The van der Waals surface area contributed by atoms with Crippen LogP contribution in [0.4, 0.5) is 5.82 Å². The molecular formula is C13H13N5O. The average molecular weight is 255 g/mol. The molecule has 0 aliphatic rings. The molecule has 0 spiro atoms. The highest BCUT2D eigenvalue weighted by molar-refractivity contribution is 5.82. The molecule has 19 heavy (non-hydrogen) atoms. The Kier molecular flexibility index (Phi) is 2.85. The van der Waals surface area contributed by atoms with Crippen molar-refractivity contribution in [3.05, 3.63) is 42.5 Å². The standard InChI is InChI=1S/C13H13N5O/c14-12-11-13(16-7-15-12)18(8-17-11)10-4-2-1-3-9(10)5-6-19/h1-4,7-8,19H,5-6H2,(H2,14,15,16). The molecule has 3 aromatic rings. The Balaban J connectivity index is 2.22. The van der Waals surface area contributed by atoms with Crippen molar-refractivity contribution in [2.75, 3.05) is 12.3 Å². The zero-order valence-corrected chi connectivity index (χ0v) is 10.2. The molecule has 1 aromatic carbocycles. The lowest BCUT2D eigenvalue weighted by Crippen LogP contribution is -2.02. The van der Waals surface area contributed by atoms with Crippen molar-refractivity contribution in [2.24, 2.45) is 0 Å². The molecule has 3 N–H and O–H groups in total. The van der Waals surface area contributed by atoms with Crippen LogP contribution < -0.4 is 5.73 Å². The Labute approximate surface area is 109 Å². The quantitative estimate of drug-likeness (QED) is 0.726. The fourth-order valence-corrected chi connectivity index (χ4v) is 2.11. The van der Waals surface area contributed by atoms with E-state index < -0.39 is 0 Å². The summed E-state index contributed by atoms with van der Waals surface area (Å²) < 4.78 is 1.86. The summed E-state index contributed by atoms with van der Waals surface area (Å²) in [6.45, 7) is 0.0980. The first-order valence-corrected chi connectivity index (χ1v) is 5.94. The van der Waals surface area contributed by atoms with Crippen molar-refractivity contribution in [2.45, 2.75) is 6.42 Å². The molecule has 0 aliphatic carbocycles. The Morgan fingerprint density at radius 3 is 2.84 bits per heavy atom. The summed E-state index contributed by atoms with van der Waals surface area (Å²) in [4.78, 5) is 12.4. The number of benzene rings is 1. The van der Waals surface area contributed by atoms with Gasteiger partial charge in [-0.15, -0.1) is 0 Å². The number of anilines is 1. The van der Waals surface area contributed by atoms with Crippen molar-refractivity contribution in [3.8, 4) is 5.69 Å². The smallest absolute Gasteiger partial charge is 0.170 e. The highest BCUT2D eigenvalue weighted by atomic mass is 16.2. The first-order valence-electron chi connectivity index (χ1n) is 5.94. The molecule has 2 heterocycles. The molecule has 0 bridgehead atoms. The van der Waals surface area contributed by atoms with Crippen LogP contribution >= 0.6 is 0 Å². The van der Waals surface area contributed by atoms with E-state index in [4.69, 9.17) is 10.8 Å². The number of aromatic nitrogens is 4. The van der Waals surface area contributed by atoms with Crippen LogP contribution in [-0.2, 0) is 6.42 Å². The molecule has 0 radical (unpaired) electrons. The molecule has 0 amide bonds. The SMILES string of the molecule is Nc1ncnc2c1ncn2-c1ccccc1CCO. The molecule has 0 saturated heterocycles. The normalized spacial score (nSPS) is 11.0. The summed E-state index contributed by atoms with van der Waals surface area (Å²) >= 11 is 0. The maximum atomic E-state index is 9.13. The van der Waals surface area contributed by atoms with Gasteiger partial charge in [-0.1, -0.05) is 18.2 Å². The lowest BCUT2D eigenvalue weighted by atomic mass is 10.1. The monoisotopic (exact) mass is 255 g/mol. The number of aliphatic hydroxyl groups is 1. The van der Waals surface area contributed by atoms with Gasteiger partial charge in [-0.3, -0.25) is 4.57 Å². The molecule has 6 nitrogen and oxygen atoms in total. The number of nitrogen functional groups attached to an aromatic ring is 1. The molecule has 6 heteroatoms. The van der Waals surface area contributed by atoms with Gasteiger partial charge in [0.05, 0.1) is 5.69 Å². The summed E-state index contributed by atoms with van der Waals surface area (Å²) in [5.41, 5.74) is 9.00. The summed E-state index contributed by atoms with van der Waals surface area (Å²) in [5.74, 6) is 0.364. The van der Waals surface area contributed by atoms with Crippen LogP contribution in [0, 0.1) is 0 Å². The number of nitrogens with two attached hydrogens (primary N) is 1. The van der Waals surface area contributed by atoms with E-state index >= 15 is 0 Å². The van der Waals surface area contributed by atoms with E-state index in [-0.39, 0.29) is 6.61 Å². The minimum Gasteiger partial charge on any atom is -0.396 e. The molecular weight excluding hydrogens is 242 g/mol. The van der Waals surface area contributed by atoms with Gasteiger partial charge < -0.3 is 10.8 Å². The van der Waals surface area contributed by atoms with Crippen molar-refractivity contribution < 1.29 is 5.11 Å². The van der Waals surface area contributed by atoms with Crippen molar-refractivity contribution in [1.82, 2.24) is 19.5 Å². The Hall–Kier alpha value is -2.47. The second-order valence-corrected chi connectivity index (χ2v) is 4.15. The van der Waals surface area contributed by atoms with E-state index in [0.29, 0.717) is 23.4 Å². The third kappa shape index (κ3) is 1.92. The maximum absolute atomic E-state index is 9.13. The molecule has 0 aliphatic heterocycles. The minimum absolute atomic E-state index is 0.0980. The van der Waals surface area contributed by atoms with Crippen LogP contribution in [-0.4, -0.2) is 31.2 Å². The highest BCUT2D eigenvalue weighted by Crippen LogP contribution is 2.21. The zero-order valence-electron chi connectivity index (χ0n) is 10.2. The largest absolute Gasteiger partial charge is 0.396 e. The van der Waals surface area contributed by atoms with Crippen LogP contribution in [0.25, 0.3) is 16.9 Å². The van der Waals surface area contributed by atoms with Crippen molar-refractivity contribution in [3.63, 3.8) is 0 Å². The van der Waals surface area contributed by atoms with Gasteiger partial charge in [0.15, 0.2) is 17.0 Å². The number of nitrogens with zero attached hydrogens (tertiary/aromatic N) is 4. The van der Waals surface area contributed by atoms with Crippen LogP contribution in [0.15, 0.2) is 36.9 Å². The second kappa shape index (κ2) is 4.66. The van der Waals surface area contributed by atoms with Gasteiger partial charge in [0.25, 0.3) is 0 Å². The van der Waals surface area contributed by atoms with E-state index in [1.165, 1.54) is 6.33 Å². The Morgan fingerprint density at radius 2 is 2.00 bits per heavy atom. The van der Waals surface area contributed by atoms with Crippen LogP contribution in [0.1, 0.15) is 5.56 Å². The number of imidazole rings is 1. The predicted molar refractivity (Wildman–Crippen MR) is 71.9 cm³/mol. The molecule has 0 saturated carbocycles. The van der Waals surface area contributed by atoms with Gasteiger partial charge in [-0.25, -0.2) is 15.0 Å². The first-order chi connectivity index (χ1) is 9.31. The molecule has 0 unspecified atom stereocenters. The fourth-order valence-electron chi connectivity index (χ4n) is 2.11. The summed E-state index contributed by atoms with van der Waals surface area (Å²) in [6, 6.07) is 7.82. The van der Waals surface area contributed by atoms with Gasteiger partial charge in [0, 0.05) is 6.61 Å². The minimum atomic E-state index is 0.0980. The number of aliphatic hydroxyl groups excluding tert-OH is 1. The maximum Gasteiger partial charge on any atom is 0.170 e. The number of hydrogen-bond donors (Lipinski definition) is 2. The van der Waals surface area contributed by atoms with Gasteiger partial charge in [-0.05, 0) is 18.1 Å². The van der Waals surface area contributed by atoms with E-state index in [0.717, 1.165) is 11.3 Å². The topological polar surface area (TPSA) is 89.9 Å². The van der Waals surface area contributed by atoms with E-state index in [9.17, 15) is 0 Å². The Morgan fingerprint density at radius 1 is 1.16 bits per heavy atom. The van der Waals surface area contributed by atoms with E-state index in [2.05, 4.69) is 15.0 Å². The zero-order chi connectivity index (χ0) is 13.2. The second-order valence-electron chi connectivity index (χ2n) is 4.15. The van der Waals surface area contributed by atoms with Crippen LogP contribution in [0.5, 0.6) is 0 Å². The molecule has 2 aromatic heterocycles. The van der Waals surface area contributed by atoms with Gasteiger partial charge in [0.2, 0.25) is 0 Å². The van der Waals surface area contributed by atoms with Gasteiger partial charge >= 0.3 is 0 Å². The lowest BCUT2D eigenvalue weighted by molar-refractivity contribution is 0.299. The van der Waals surface area contributed by atoms with E-state index in [1.807, 2.05) is 28.8 Å². The average Bonchev–Trinajstić information content (AvgIpc) is 2.85. The lowest BCUT2D eigenvalue weighted by Gasteiger charge is -2.09. The third-order valence-electron chi connectivity index (χ3n) is 2.99. The van der Waals surface area contributed by atoms with E-state index in [1.54, 1.807) is 6.33 Å². The van der Waals surface area contributed by atoms with Crippen LogP contribution in [0.3, 0.4) is 0 Å². The number of rotatable bonds is 3. The molecule has 0 fully saturated rings. The van der Waals surface area contributed by atoms with Crippen molar-refractivity contribution >= 4 is 17.0 Å². The highest BCUT2D eigenvalue weighted by Gasteiger charge is 2.11. The number of para-hydroxylation sites is 1. The number of fused-ring (bicyclic) bond motifs is 1. The molecule has 0 atom stereocenters. The van der Waals surface area contributed by atoms with Gasteiger partial charge in [0.1, 0.15) is 12.7 Å². The Bertz CT molecular complexity index is 722.